The van der Waals surface area contributed by atoms with Gasteiger partial charge in [-0.1, -0.05) is 20.8 Å². The average molecular weight is 493 g/mol. The van der Waals surface area contributed by atoms with E-state index in [1.165, 1.54) is 16.7 Å². The van der Waals surface area contributed by atoms with Crippen molar-refractivity contribution >= 4 is 34.5 Å². The summed E-state index contributed by atoms with van der Waals surface area (Å²) in [7, 11) is 5.03. The topological polar surface area (TPSA) is 119 Å². The second-order valence-electron chi connectivity index (χ2n) is 9.66. The molecule has 4 rings (SSSR count). The van der Waals surface area contributed by atoms with E-state index < -0.39 is 11.8 Å². The number of nitrogens with zero attached hydrogens (tertiary/aromatic N) is 5. The number of hydrogen-bond donors (Lipinski definition) is 3. The third kappa shape index (κ3) is 4.64. The fraction of sp³-hybridized carbons (Fsp3) is 0.320. The Morgan fingerprint density at radius 3 is 2.42 bits per heavy atom. The van der Waals surface area contributed by atoms with E-state index >= 15 is 0 Å². The van der Waals surface area contributed by atoms with E-state index in [-0.39, 0.29) is 16.7 Å². The molecule has 0 bridgehead atoms. The summed E-state index contributed by atoms with van der Waals surface area (Å²) in [5, 5.41) is 13.2. The third-order valence-corrected chi connectivity index (χ3v) is 5.91. The molecule has 1 aromatic carbocycles. The largest absolute Gasteiger partial charge is 0.357 e. The van der Waals surface area contributed by atoms with Crippen molar-refractivity contribution in [2.45, 2.75) is 33.1 Å². The maximum atomic E-state index is 14.8. The Bertz CT molecular complexity index is 1550. The number of anilines is 3. The van der Waals surface area contributed by atoms with Gasteiger partial charge in [0.15, 0.2) is 0 Å². The van der Waals surface area contributed by atoms with E-state index in [4.69, 9.17) is 0 Å². The van der Waals surface area contributed by atoms with E-state index in [9.17, 15) is 14.0 Å². The maximum absolute atomic E-state index is 14.8. The molecular formula is C25H29FN8O2. The van der Waals surface area contributed by atoms with Gasteiger partial charge in [-0.25, -0.2) is 14.2 Å². The highest BCUT2D eigenvalue weighted by molar-refractivity contribution is 6.00. The monoisotopic (exact) mass is 492 g/mol. The van der Waals surface area contributed by atoms with Crippen LogP contribution < -0.4 is 21.5 Å². The molecule has 0 saturated carbocycles. The van der Waals surface area contributed by atoms with E-state index in [0.717, 1.165) is 5.69 Å². The minimum Gasteiger partial charge on any atom is -0.357 e. The van der Waals surface area contributed by atoms with E-state index in [0.29, 0.717) is 39.5 Å². The van der Waals surface area contributed by atoms with Crippen molar-refractivity contribution in [3.05, 3.63) is 57.9 Å². The van der Waals surface area contributed by atoms with Crippen LogP contribution in [0.3, 0.4) is 0 Å². The molecule has 3 N–H and O–H groups in total. The number of fused-ring (bicyclic) bond motifs is 1. The highest BCUT2D eigenvalue weighted by Gasteiger charge is 2.21. The van der Waals surface area contributed by atoms with Crippen molar-refractivity contribution in [1.29, 1.82) is 0 Å². The molecule has 0 aliphatic carbocycles. The Morgan fingerprint density at radius 1 is 1.06 bits per heavy atom. The summed E-state index contributed by atoms with van der Waals surface area (Å²) in [6.07, 6.45) is 1.61. The Kier molecular flexibility index (Phi) is 6.25. The Balaban J connectivity index is 1.69. The van der Waals surface area contributed by atoms with Crippen molar-refractivity contribution in [2.24, 2.45) is 14.1 Å². The van der Waals surface area contributed by atoms with Gasteiger partial charge in [-0.2, -0.15) is 10.1 Å². The lowest BCUT2D eigenvalue weighted by atomic mass is 9.92. The standard InChI is InChI=1S/C25H29FN8O2/c1-13-8-17(26)18(29-24(36)30-20-11-19(25(2,3)4)32-34(20)7)10-15(13)16-9-14-12-28-23(27-5)31-21(14)33(6)22(16)35/h8-12H,1-7H3,(H,27,28,31)(H2,29,30,36). The molecule has 2 amide bonds. The van der Waals surface area contributed by atoms with Gasteiger partial charge in [0.05, 0.1) is 11.4 Å². The molecule has 0 radical (unpaired) electrons. The Hall–Kier alpha value is -4.28. The molecule has 188 valence electrons. The minimum absolute atomic E-state index is 0.0600. The molecule has 0 aliphatic rings. The second-order valence-corrected chi connectivity index (χ2v) is 9.66. The SMILES string of the molecule is CNc1ncc2cc(-c3cc(NC(=O)Nc4cc(C(C)(C)C)nn4C)c(F)cc3C)c(=O)n(C)c2n1. The third-order valence-electron chi connectivity index (χ3n) is 5.91. The van der Waals surface area contributed by atoms with E-state index in [1.807, 2.05) is 20.8 Å². The highest BCUT2D eigenvalue weighted by atomic mass is 19.1. The number of aryl methyl sites for hydroxylation is 3. The predicted molar refractivity (Wildman–Crippen MR) is 139 cm³/mol. The number of pyridine rings is 1. The molecule has 0 aliphatic heterocycles. The van der Waals surface area contributed by atoms with Crippen molar-refractivity contribution in [3.63, 3.8) is 0 Å². The summed E-state index contributed by atoms with van der Waals surface area (Å²) in [5.41, 5.74) is 2.08. The number of nitrogens with one attached hydrogen (secondary N) is 3. The number of carbonyl (C=O) groups is 1. The number of benzene rings is 1. The van der Waals surface area contributed by atoms with Crippen molar-refractivity contribution in [2.75, 3.05) is 23.0 Å². The first-order valence-corrected chi connectivity index (χ1v) is 11.4. The van der Waals surface area contributed by atoms with Gasteiger partial charge in [0, 0.05) is 49.8 Å². The second kappa shape index (κ2) is 9.06. The van der Waals surface area contributed by atoms with Gasteiger partial charge >= 0.3 is 6.03 Å². The first kappa shape index (κ1) is 24.8. The zero-order valence-electron chi connectivity index (χ0n) is 21.3. The van der Waals surface area contributed by atoms with Crippen LogP contribution in [0, 0.1) is 12.7 Å². The molecule has 3 aromatic heterocycles. The number of rotatable bonds is 4. The fourth-order valence-electron chi connectivity index (χ4n) is 3.84. The summed E-state index contributed by atoms with van der Waals surface area (Å²) in [4.78, 5) is 34.5. The van der Waals surface area contributed by atoms with Crippen LogP contribution in [0.2, 0.25) is 0 Å². The summed E-state index contributed by atoms with van der Waals surface area (Å²) < 4.78 is 17.8. The van der Waals surface area contributed by atoms with Crippen LogP contribution in [0.25, 0.3) is 22.2 Å². The van der Waals surface area contributed by atoms with Gasteiger partial charge in [0.2, 0.25) is 5.95 Å². The molecule has 36 heavy (non-hydrogen) atoms. The molecule has 0 spiro atoms. The first-order chi connectivity index (χ1) is 16.9. The van der Waals surface area contributed by atoms with Crippen LogP contribution in [0.5, 0.6) is 0 Å². The quantitative estimate of drug-likeness (QED) is 0.394. The molecule has 0 atom stereocenters. The van der Waals surface area contributed by atoms with Crippen LogP contribution >= 0.6 is 0 Å². The van der Waals surface area contributed by atoms with Crippen molar-refractivity contribution in [3.8, 4) is 11.1 Å². The van der Waals surface area contributed by atoms with Gasteiger partial charge in [-0.05, 0) is 36.2 Å². The molecule has 0 saturated heterocycles. The normalized spacial score (nSPS) is 11.6. The van der Waals surface area contributed by atoms with Gasteiger partial charge < -0.3 is 10.6 Å². The summed E-state index contributed by atoms with van der Waals surface area (Å²) in [6.45, 7) is 7.76. The maximum Gasteiger partial charge on any atom is 0.324 e. The molecule has 11 heteroatoms. The molecule has 0 unspecified atom stereocenters. The lowest BCUT2D eigenvalue weighted by Crippen LogP contribution is -2.22. The molecular weight excluding hydrogens is 463 g/mol. The Morgan fingerprint density at radius 2 is 1.78 bits per heavy atom. The van der Waals surface area contributed by atoms with Crippen molar-refractivity contribution in [1.82, 2.24) is 24.3 Å². The van der Waals surface area contributed by atoms with Crippen LogP contribution in [0.1, 0.15) is 32.0 Å². The number of amides is 2. The van der Waals surface area contributed by atoms with Gasteiger partial charge in [-0.3, -0.25) is 19.4 Å². The molecule has 10 nitrogen and oxygen atoms in total. The van der Waals surface area contributed by atoms with Gasteiger partial charge in [-0.15, -0.1) is 0 Å². The lowest BCUT2D eigenvalue weighted by molar-refractivity contribution is 0.262. The zero-order chi connectivity index (χ0) is 26.4. The van der Waals surface area contributed by atoms with Crippen LogP contribution in [0.15, 0.2) is 35.3 Å². The average Bonchev–Trinajstić information content (AvgIpc) is 3.18. The summed E-state index contributed by atoms with van der Waals surface area (Å²) in [5.74, 6) is 0.240. The van der Waals surface area contributed by atoms with Gasteiger partial charge in [0.1, 0.15) is 17.3 Å². The van der Waals surface area contributed by atoms with Crippen LogP contribution in [-0.4, -0.2) is 37.4 Å². The number of halogens is 1. The van der Waals surface area contributed by atoms with Crippen molar-refractivity contribution < 1.29 is 9.18 Å². The summed E-state index contributed by atoms with van der Waals surface area (Å²) >= 11 is 0. The number of aromatic nitrogens is 5. The smallest absolute Gasteiger partial charge is 0.324 e. The number of carbonyl (C=O) groups excluding carboxylic acids is 1. The first-order valence-electron chi connectivity index (χ1n) is 11.4. The zero-order valence-corrected chi connectivity index (χ0v) is 21.3. The molecule has 3 heterocycles. The van der Waals surface area contributed by atoms with E-state index in [1.54, 1.807) is 51.1 Å². The predicted octanol–water partition coefficient (Wildman–Crippen LogP) is 4.16. The minimum atomic E-state index is -0.633. The van der Waals surface area contributed by atoms with Gasteiger partial charge in [0.25, 0.3) is 5.56 Å². The van der Waals surface area contributed by atoms with E-state index in [2.05, 4.69) is 31.0 Å². The summed E-state index contributed by atoms with van der Waals surface area (Å²) in [6, 6.07) is 5.56. The van der Waals surface area contributed by atoms with Crippen LogP contribution in [-0.2, 0) is 19.5 Å². The molecule has 4 aromatic rings. The molecule has 0 fully saturated rings. The fourth-order valence-corrected chi connectivity index (χ4v) is 3.84. The number of hydrogen-bond acceptors (Lipinski definition) is 6. The van der Waals surface area contributed by atoms with Crippen LogP contribution in [0.4, 0.5) is 26.6 Å². The number of urea groups is 1. The highest BCUT2D eigenvalue weighted by Crippen LogP contribution is 2.29. The Labute approximate surface area is 207 Å². The lowest BCUT2D eigenvalue weighted by Gasteiger charge is -2.14.